The molecule has 3 aliphatic rings. The van der Waals surface area contributed by atoms with E-state index in [4.69, 9.17) is 10.4 Å². The molecule has 2 unspecified atom stereocenters. The number of carbonyl (C=O) groups is 2. The first-order chi connectivity index (χ1) is 18.6. The number of benzene rings is 1. The molecule has 0 radical (unpaired) electrons. The number of alkyl halides is 5. The third kappa shape index (κ3) is 6.19. The normalized spacial score (nSPS) is 22.8. The summed E-state index contributed by atoms with van der Waals surface area (Å²) in [5.41, 5.74) is -1.99. The van der Waals surface area contributed by atoms with Gasteiger partial charge in [0.2, 0.25) is 5.91 Å². The van der Waals surface area contributed by atoms with Crippen LogP contribution in [0.4, 0.5) is 26.7 Å². The molecule has 0 spiro atoms. The first-order valence-electron chi connectivity index (χ1n) is 12.1. The van der Waals surface area contributed by atoms with Crippen molar-refractivity contribution in [1.29, 1.82) is 5.26 Å². The van der Waals surface area contributed by atoms with Gasteiger partial charge in [-0.2, -0.15) is 23.5 Å². The fourth-order valence-corrected chi connectivity index (χ4v) is 6.73. The Bertz CT molecular complexity index is 1430. The summed E-state index contributed by atoms with van der Waals surface area (Å²) in [7, 11) is -4.41. The van der Waals surface area contributed by atoms with Gasteiger partial charge in [0.05, 0.1) is 40.6 Å². The fraction of sp³-hybridized carbons (Fsp3) is 0.500. The van der Waals surface area contributed by atoms with Gasteiger partial charge in [0.15, 0.2) is 9.84 Å². The minimum Gasteiger partial charge on any atom is -0.465 e. The number of aromatic nitrogens is 2. The van der Waals surface area contributed by atoms with Gasteiger partial charge < -0.3 is 15.3 Å². The number of halogens is 5. The second kappa shape index (κ2) is 10.3. The Labute approximate surface area is 225 Å². The van der Waals surface area contributed by atoms with Gasteiger partial charge in [-0.3, -0.25) is 4.79 Å². The molecule has 5 rings (SSSR count). The SMILES string of the molecule is N#CC1(NC(=O)O)CC1.O=C(C1CCC(S(=O)(=O)c2ccc(-n3cccn3)cc2C(F)(F)F)C1)N1CC(F)(F)C1. The van der Waals surface area contributed by atoms with Crippen molar-refractivity contribution in [2.24, 2.45) is 5.92 Å². The van der Waals surface area contributed by atoms with Crippen LogP contribution >= 0.6 is 0 Å². The van der Waals surface area contributed by atoms with E-state index in [1.165, 1.54) is 29.2 Å². The van der Waals surface area contributed by atoms with E-state index in [0.29, 0.717) is 12.8 Å². The largest absolute Gasteiger partial charge is 0.465 e. The molecule has 10 nitrogen and oxygen atoms in total. The van der Waals surface area contributed by atoms with Crippen LogP contribution < -0.4 is 5.32 Å². The first kappa shape index (κ1) is 29.2. The Morgan fingerprint density at radius 1 is 1.18 bits per heavy atom. The molecule has 3 fully saturated rings. The van der Waals surface area contributed by atoms with E-state index in [1.807, 2.05) is 6.07 Å². The summed E-state index contributed by atoms with van der Waals surface area (Å²) in [6.07, 6.45) is -2.03. The summed E-state index contributed by atoms with van der Waals surface area (Å²) in [6, 6.07) is 6.26. The van der Waals surface area contributed by atoms with Crippen molar-refractivity contribution in [2.75, 3.05) is 13.1 Å². The second-order valence-electron chi connectivity index (χ2n) is 9.98. The highest BCUT2D eigenvalue weighted by molar-refractivity contribution is 7.92. The predicted molar refractivity (Wildman–Crippen MR) is 127 cm³/mol. The van der Waals surface area contributed by atoms with Crippen LogP contribution in [-0.4, -0.2) is 70.0 Å². The van der Waals surface area contributed by atoms with Crippen molar-refractivity contribution < 1.29 is 45.1 Å². The van der Waals surface area contributed by atoms with E-state index in [9.17, 15) is 40.0 Å². The van der Waals surface area contributed by atoms with Crippen LogP contribution in [0.15, 0.2) is 41.6 Å². The number of nitrogens with one attached hydrogen (secondary N) is 1. The van der Waals surface area contributed by atoms with Crippen molar-refractivity contribution >= 4 is 21.8 Å². The lowest BCUT2D eigenvalue weighted by molar-refractivity contribution is -0.169. The van der Waals surface area contributed by atoms with Crippen LogP contribution in [-0.2, 0) is 20.8 Å². The average molecular weight is 590 g/mol. The maximum atomic E-state index is 13.7. The number of likely N-dealkylation sites (tertiary alicyclic amines) is 1. The predicted octanol–water partition coefficient (Wildman–Crippen LogP) is 3.62. The number of nitrogens with zero attached hydrogens (tertiary/aromatic N) is 4. The molecule has 2 aliphatic carbocycles. The average Bonchev–Trinajstić information content (AvgIpc) is 3.26. The summed E-state index contributed by atoms with van der Waals surface area (Å²) >= 11 is 0. The van der Waals surface area contributed by atoms with Crippen LogP contribution in [0.5, 0.6) is 0 Å². The van der Waals surface area contributed by atoms with Gasteiger partial charge in [-0.1, -0.05) is 0 Å². The van der Waals surface area contributed by atoms with Crippen molar-refractivity contribution in [1.82, 2.24) is 20.0 Å². The molecule has 2 atom stereocenters. The summed E-state index contributed by atoms with van der Waals surface area (Å²) in [4.78, 5) is 22.4. The van der Waals surface area contributed by atoms with Gasteiger partial charge in [0.25, 0.3) is 5.92 Å². The molecule has 216 valence electrons. The summed E-state index contributed by atoms with van der Waals surface area (Å²) < 4.78 is 94.4. The van der Waals surface area contributed by atoms with Gasteiger partial charge in [0.1, 0.15) is 5.54 Å². The number of carboxylic acid groups (broad SMARTS) is 1. The van der Waals surface area contributed by atoms with Crippen LogP contribution in [0, 0.1) is 17.2 Å². The maximum absolute atomic E-state index is 13.7. The highest BCUT2D eigenvalue weighted by Gasteiger charge is 2.50. The third-order valence-electron chi connectivity index (χ3n) is 6.98. The van der Waals surface area contributed by atoms with E-state index >= 15 is 0 Å². The molecule has 40 heavy (non-hydrogen) atoms. The minimum atomic E-state index is -4.93. The van der Waals surface area contributed by atoms with Gasteiger partial charge in [0, 0.05) is 18.3 Å². The Hall–Kier alpha value is -3.74. The molecule has 1 aromatic heterocycles. The lowest BCUT2D eigenvalue weighted by atomic mass is 10.0. The summed E-state index contributed by atoms with van der Waals surface area (Å²) in [5.74, 6) is -4.32. The number of hydrogen-bond acceptors (Lipinski definition) is 6. The van der Waals surface area contributed by atoms with Gasteiger partial charge in [-0.25, -0.2) is 26.7 Å². The number of amides is 2. The molecular weight excluding hydrogens is 565 g/mol. The van der Waals surface area contributed by atoms with Crippen LogP contribution in [0.2, 0.25) is 0 Å². The number of sulfone groups is 1. The van der Waals surface area contributed by atoms with E-state index < -0.39 is 74.2 Å². The molecule has 2 aromatic rings. The molecule has 16 heteroatoms. The van der Waals surface area contributed by atoms with Crippen LogP contribution in [0.3, 0.4) is 0 Å². The van der Waals surface area contributed by atoms with Gasteiger partial charge in [-0.05, 0) is 56.4 Å². The lowest BCUT2D eigenvalue weighted by Gasteiger charge is -2.40. The lowest BCUT2D eigenvalue weighted by Crippen LogP contribution is -2.59. The van der Waals surface area contributed by atoms with Gasteiger partial charge >= 0.3 is 12.3 Å². The molecule has 2 saturated carbocycles. The summed E-state index contributed by atoms with van der Waals surface area (Å²) in [6.45, 7) is -1.43. The van der Waals surface area contributed by atoms with Gasteiger partial charge in [-0.15, -0.1) is 0 Å². The zero-order valence-corrected chi connectivity index (χ0v) is 21.6. The van der Waals surface area contributed by atoms with Crippen molar-refractivity contribution in [3.8, 4) is 11.8 Å². The number of rotatable bonds is 5. The van der Waals surface area contributed by atoms with Crippen molar-refractivity contribution in [3.05, 3.63) is 42.2 Å². The third-order valence-corrected chi connectivity index (χ3v) is 9.26. The van der Waals surface area contributed by atoms with Crippen molar-refractivity contribution in [2.45, 2.75) is 59.9 Å². The molecule has 2 amide bonds. The fourth-order valence-electron chi connectivity index (χ4n) is 4.70. The Kier molecular flexibility index (Phi) is 7.56. The van der Waals surface area contributed by atoms with E-state index in [-0.39, 0.29) is 24.9 Å². The topological polar surface area (TPSA) is 145 Å². The zero-order chi connectivity index (χ0) is 29.5. The number of hydrogen-bond donors (Lipinski definition) is 2. The molecule has 1 aromatic carbocycles. The van der Waals surface area contributed by atoms with Crippen LogP contribution in [0.25, 0.3) is 5.69 Å². The quantitative estimate of drug-likeness (QED) is 0.507. The smallest absolute Gasteiger partial charge is 0.417 e. The minimum absolute atomic E-state index is 0.0127. The Morgan fingerprint density at radius 3 is 2.33 bits per heavy atom. The van der Waals surface area contributed by atoms with E-state index in [1.54, 1.807) is 0 Å². The molecule has 1 aliphatic heterocycles. The number of carbonyl (C=O) groups excluding carboxylic acids is 1. The highest BCUT2D eigenvalue weighted by atomic mass is 32.2. The monoisotopic (exact) mass is 589 g/mol. The highest BCUT2D eigenvalue weighted by Crippen LogP contribution is 2.41. The van der Waals surface area contributed by atoms with Crippen LogP contribution in [0.1, 0.15) is 37.7 Å². The summed E-state index contributed by atoms with van der Waals surface area (Å²) in [5, 5.41) is 21.3. The molecule has 2 heterocycles. The zero-order valence-electron chi connectivity index (χ0n) is 20.7. The standard InChI is InChI=1S/C19H18F5N3O3S.C5H6N2O2/c20-18(21)10-26(11-18)17(28)12-2-4-14(8-12)31(29,30)16-5-3-13(27-7-1-6-25-27)9-15(16)19(22,23)24;6-3-5(1-2-5)7-4(8)9/h1,3,5-7,9,12,14H,2,4,8,10-11H2;7H,1-2H2,(H,8,9). The van der Waals surface area contributed by atoms with Crippen molar-refractivity contribution in [3.63, 3.8) is 0 Å². The molecular formula is C24H24F5N5O5S. The Balaban J connectivity index is 0.000000350. The first-order valence-corrected chi connectivity index (χ1v) is 13.7. The second-order valence-corrected chi connectivity index (χ2v) is 12.2. The number of nitriles is 1. The van der Waals surface area contributed by atoms with E-state index in [0.717, 1.165) is 17.0 Å². The van der Waals surface area contributed by atoms with E-state index in [2.05, 4.69) is 10.4 Å². The Morgan fingerprint density at radius 2 is 1.85 bits per heavy atom. The molecule has 2 N–H and O–H groups in total. The molecule has 1 saturated heterocycles. The maximum Gasteiger partial charge on any atom is 0.417 e. The molecule has 0 bridgehead atoms.